The van der Waals surface area contributed by atoms with Crippen LogP contribution in [0.3, 0.4) is 0 Å². The molecule has 53 heavy (non-hydrogen) atoms. The van der Waals surface area contributed by atoms with E-state index in [0.717, 1.165) is 17.8 Å². The van der Waals surface area contributed by atoms with E-state index in [9.17, 15) is 0 Å². The highest BCUT2D eigenvalue weighted by atomic mass is 15.2. The van der Waals surface area contributed by atoms with Crippen LogP contribution in [-0.4, -0.2) is 0 Å². The molecular weight excluding hydrogens is 639 g/mol. The first-order valence-electron chi connectivity index (χ1n) is 18.4. The zero-order valence-electron chi connectivity index (χ0n) is 29.5. The van der Waals surface area contributed by atoms with Crippen molar-refractivity contribution < 1.29 is 0 Å². The Hall–Kier alpha value is -6.70. The van der Waals surface area contributed by atoms with Crippen molar-refractivity contribution in [3.05, 3.63) is 236 Å². The molecule has 1 atom stereocenters. The fourth-order valence-electron chi connectivity index (χ4n) is 8.19. The van der Waals surface area contributed by atoms with Crippen LogP contribution in [-0.2, 0) is 5.54 Å². The standard InChI is InChI=1S/C52H39N/c1-4-17-42(18-5-1)49-26-12-13-29-51(49)52(38-15-14-28-50(52)44-20-6-2-7-21-44)53(45-23-8-3-9-24-45)46-36-34-40(35-37-46)39-30-32-43(33-31-39)48-27-16-22-41-19-10-11-25-47(41)48/h1-37H,38H2. The van der Waals surface area contributed by atoms with E-state index in [1.54, 1.807) is 0 Å². The Labute approximate surface area is 312 Å². The normalized spacial score (nSPS) is 15.2. The molecule has 8 aromatic carbocycles. The predicted octanol–water partition coefficient (Wildman–Crippen LogP) is 13.9. The number of fused-ring (bicyclic) bond motifs is 1. The Morgan fingerprint density at radius 2 is 0.887 bits per heavy atom. The van der Waals surface area contributed by atoms with Gasteiger partial charge in [-0.15, -0.1) is 0 Å². The minimum atomic E-state index is -0.564. The van der Waals surface area contributed by atoms with Crippen LogP contribution < -0.4 is 4.90 Å². The molecule has 0 aliphatic heterocycles. The average Bonchev–Trinajstić information content (AvgIpc) is 3.25. The van der Waals surface area contributed by atoms with Gasteiger partial charge in [0.05, 0.1) is 0 Å². The van der Waals surface area contributed by atoms with Crippen molar-refractivity contribution in [2.24, 2.45) is 0 Å². The van der Waals surface area contributed by atoms with Crippen molar-refractivity contribution >= 4 is 27.7 Å². The van der Waals surface area contributed by atoms with Gasteiger partial charge in [0.1, 0.15) is 5.54 Å². The minimum Gasteiger partial charge on any atom is -0.327 e. The van der Waals surface area contributed by atoms with Crippen LogP contribution in [0.2, 0.25) is 0 Å². The van der Waals surface area contributed by atoms with Crippen LogP contribution >= 0.6 is 0 Å². The van der Waals surface area contributed by atoms with E-state index in [4.69, 9.17) is 0 Å². The summed E-state index contributed by atoms with van der Waals surface area (Å²) in [6, 6.07) is 74.9. The summed E-state index contributed by atoms with van der Waals surface area (Å²) in [6.07, 6.45) is 7.67. The van der Waals surface area contributed by atoms with E-state index >= 15 is 0 Å². The average molecular weight is 678 g/mol. The van der Waals surface area contributed by atoms with Gasteiger partial charge in [-0.05, 0) is 91.5 Å². The topological polar surface area (TPSA) is 3.24 Å². The summed E-state index contributed by atoms with van der Waals surface area (Å²) in [4.78, 5) is 2.57. The summed E-state index contributed by atoms with van der Waals surface area (Å²) < 4.78 is 0. The van der Waals surface area contributed by atoms with Gasteiger partial charge in [-0.3, -0.25) is 0 Å². The Morgan fingerprint density at radius 1 is 0.377 bits per heavy atom. The first-order chi connectivity index (χ1) is 26.3. The van der Waals surface area contributed by atoms with Crippen LogP contribution in [0.4, 0.5) is 11.4 Å². The number of hydrogen-bond acceptors (Lipinski definition) is 1. The largest absolute Gasteiger partial charge is 0.327 e. The molecule has 1 aliphatic rings. The van der Waals surface area contributed by atoms with Gasteiger partial charge in [-0.25, -0.2) is 0 Å². The fraction of sp³-hybridized carbons (Fsp3) is 0.0385. The lowest BCUT2D eigenvalue weighted by molar-refractivity contribution is 0.568. The molecule has 1 heteroatoms. The SMILES string of the molecule is C1=CCC(c2ccccc2-c2ccccc2)(N(c2ccccc2)c2ccc(-c3ccc(-c4cccc5ccccc45)cc3)cc2)C(c2ccccc2)=C1. The van der Waals surface area contributed by atoms with E-state index < -0.39 is 5.54 Å². The molecule has 0 spiro atoms. The van der Waals surface area contributed by atoms with Gasteiger partial charge in [0.2, 0.25) is 0 Å². The number of rotatable bonds is 8. The molecule has 0 aromatic heterocycles. The first kappa shape index (κ1) is 32.2. The van der Waals surface area contributed by atoms with Gasteiger partial charge in [-0.1, -0.05) is 200 Å². The van der Waals surface area contributed by atoms with Crippen molar-refractivity contribution in [3.63, 3.8) is 0 Å². The summed E-state index contributed by atoms with van der Waals surface area (Å²) in [5.74, 6) is 0. The van der Waals surface area contributed by atoms with Crippen LogP contribution in [0.5, 0.6) is 0 Å². The van der Waals surface area contributed by atoms with Crippen molar-refractivity contribution in [2.45, 2.75) is 12.0 Å². The molecule has 252 valence electrons. The Morgan fingerprint density at radius 3 is 1.62 bits per heavy atom. The zero-order chi connectivity index (χ0) is 35.5. The second kappa shape index (κ2) is 14.1. The highest BCUT2D eigenvalue weighted by Crippen LogP contribution is 2.54. The maximum absolute atomic E-state index is 2.57. The quantitative estimate of drug-likeness (QED) is 0.155. The molecule has 0 radical (unpaired) electrons. The number of benzene rings is 8. The summed E-state index contributed by atoms with van der Waals surface area (Å²) in [5, 5.41) is 2.54. The van der Waals surface area contributed by atoms with Gasteiger partial charge < -0.3 is 4.90 Å². The summed E-state index contributed by atoms with van der Waals surface area (Å²) in [7, 11) is 0. The summed E-state index contributed by atoms with van der Waals surface area (Å²) in [6.45, 7) is 0. The number of allylic oxidation sites excluding steroid dienone is 2. The summed E-state index contributed by atoms with van der Waals surface area (Å²) >= 11 is 0. The van der Waals surface area contributed by atoms with Crippen LogP contribution in [0, 0.1) is 0 Å². The van der Waals surface area contributed by atoms with Crippen LogP contribution in [0.15, 0.2) is 224 Å². The third-order valence-electron chi connectivity index (χ3n) is 10.6. The number of nitrogens with zero attached hydrogens (tertiary/aromatic N) is 1. The Bertz CT molecular complexity index is 2540. The fourth-order valence-corrected chi connectivity index (χ4v) is 8.19. The van der Waals surface area contributed by atoms with Crippen molar-refractivity contribution in [3.8, 4) is 33.4 Å². The van der Waals surface area contributed by atoms with E-state index in [1.807, 2.05) is 0 Å². The minimum absolute atomic E-state index is 0.564. The summed E-state index contributed by atoms with van der Waals surface area (Å²) in [5.41, 5.74) is 12.8. The molecule has 9 rings (SSSR count). The molecule has 1 unspecified atom stereocenters. The second-order valence-corrected chi connectivity index (χ2v) is 13.7. The maximum atomic E-state index is 2.57. The highest BCUT2D eigenvalue weighted by Gasteiger charge is 2.45. The third-order valence-corrected chi connectivity index (χ3v) is 10.6. The first-order valence-corrected chi connectivity index (χ1v) is 18.4. The molecule has 1 aliphatic carbocycles. The molecule has 0 N–H and O–H groups in total. The predicted molar refractivity (Wildman–Crippen MR) is 225 cm³/mol. The number of para-hydroxylation sites is 1. The van der Waals surface area contributed by atoms with E-state index in [0.29, 0.717) is 0 Å². The third kappa shape index (κ3) is 5.97. The molecule has 1 nitrogen and oxygen atoms in total. The van der Waals surface area contributed by atoms with Gasteiger partial charge in [-0.2, -0.15) is 0 Å². The molecule has 0 saturated carbocycles. The lowest BCUT2D eigenvalue weighted by Gasteiger charge is -2.49. The smallest absolute Gasteiger partial charge is 0.100 e. The van der Waals surface area contributed by atoms with Gasteiger partial charge in [0, 0.05) is 11.4 Å². The molecule has 8 aromatic rings. The van der Waals surface area contributed by atoms with Crippen LogP contribution in [0.25, 0.3) is 49.7 Å². The lowest BCUT2D eigenvalue weighted by Crippen LogP contribution is -2.45. The molecular formula is C52H39N. The molecule has 0 amide bonds. The van der Waals surface area contributed by atoms with E-state index in [2.05, 4.69) is 229 Å². The number of hydrogen-bond donors (Lipinski definition) is 0. The number of anilines is 2. The maximum Gasteiger partial charge on any atom is 0.100 e. The van der Waals surface area contributed by atoms with Crippen molar-refractivity contribution in [2.75, 3.05) is 4.90 Å². The molecule has 0 bridgehead atoms. The highest BCUT2D eigenvalue weighted by molar-refractivity contribution is 5.97. The van der Waals surface area contributed by atoms with E-state index in [1.165, 1.54) is 60.9 Å². The van der Waals surface area contributed by atoms with Crippen LogP contribution in [0.1, 0.15) is 17.5 Å². The van der Waals surface area contributed by atoms with E-state index in [-0.39, 0.29) is 0 Å². The lowest BCUT2D eigenvalue weighted by atomic mass is 9.70. The Balaban J connectivity index is 1.19. The zero-order valence-corrected chi connectivity index (χ0v) is 29.5. The van der Waals surface area contributed by atoms with Crippen molar-refractivity contribution in [1.29, 1.82) is 0 Å². The Kier molecular flexibility index (Phi) is 8.60. The molecule has 0 fully saturated rings. The van der Waals surface area contributed by atoms with Gasteiger partial charge in [0.25, 0.3) is 0 Å². The van der Waals surface area contributed by atoms with Gasteiger partial charge >= 0.3 is 0 Å². The molecule has 0 heterocycles. The van der Waals surface area contributed by atoms with Crippen molar-refractivity contribution in [1.82, 2.24) is 0 Å². The molecule has 0 saturated heterocycles. The second-order valence-electron chi connectivity index (χ2n) is 13.7. The monoisotopic (exact) mass is 677 g/mol. The van der Waals surface area contributed by atoms with Gasteiger partial charge in [0.15, 0.2) is 0 Å².